The Kier molecular flexibility index (Phi) is 4.06. The van der Waals surface area contributed by atoms with Crippen molar-refractivity contribution in [2.45, 2.75) is 12.6 Å². The molecule has 0 radical (unpaired) electrons. The highest BCUT2D eigenvalue weighted by atomic mass is 19.1. The van der Waals surface area contributed by atoms with Gasteiger partial charge in [0, 0.05) is 6.20 Å². The molecule has 0 saturated carbocycles. The number of hydrogen-bond donors (Lipinski definition) is 0. The Balaban J connectivity index is 1.25. The molecular formula is C21H14FN5O2. The van der Waals surface area contributed by atoms with Gasteiger partial charge in [-0.25, -0.2) is 4.98 Å². The number of imidazole rings is 1. The van der Waals surface area contributed by atoms with E-state index in [1.165, 1.54) is 6.20 Å². The lowest BCUT2D eigenvalue weighted by Crippen LogP contribution is -2.23. The highest BCUT2D eigenvalue weighted by molar-refractivity contribution is 5.78. The number of hydrogen-bond acceptors (Lipinski definition) is 6. The maximum absolute atomic E-state index is 13.8. The Morgan fingerprint density at radius 2 is 2.17 bits per heavy atom. The number of ether oxygens (including phenoxy) is 2. The smallest absolute Gasteiger partial charge is 0.297 e. The summed E-state index contributed by atoms with van der Waals surface area (Å²) in [6.07, 6.45) is 2.76. The molecule has 0 aliphatic carbocycles. The van der Waals surface area contributed by atoms with E-state index in [4.69, 9.17) is 14.7 Å². The van der Waals surface area contributed by atoms with Gasteiger partial charge < -0.3 is 9.47 Å². The average Bonchev–Trinajstić information content (AvgIpc) is 3.30. The Hall–Kier alpha value is -3.99. The number of fused-ring (bicyclic) bond motifs is 3. The first-order chi connectivity index (χ1) is 14.2. The molecule has 0 unspecified atom stereocenters. The van der Waals surface area contributed by atoms with E-state index in [1.54, 1.807) is 42.6 Å². The molecule has 0 saturated heterocycles. The van der Waals surface area contributed by atoms with Crippen LogP contribution in [-0.2, 0) is 6.54 Å². The molecule has 5 rings (SSSR count). The quantitative estimate of drug-likeness (QED) is 0.499. The fourth-order valence-electron chi connectivity index (χ4n) is 3.31. The number of nitriles is 1. The van der Waals surface area contributed by atoms with Gasteiger partial charge in [0.1, 0.15) is 12.4 Å². The molecule has 1 aromatic carbocycles. The van der Waals surface area contributed by atoms with E-state index in [2.05, 4.69) is 21.0 Å². The van der Waals surface area contributed by atoms with Crippen molar-refractivity contribution in [1.29, 1.82) is 5.26 Å². The number of rotatable bonds is 4. The van der Waals surface area contributed by atoms with Gasteiger partial charge in [0.05, 0.1) is 46.7 Å². The summed E-state index contributed by atoms with van der Waals surface area (Å²) in [6.45, 7) is 0.924. The molecule has 1 aliphatic heterocycles. The van der Waals surface area contributed by atoms with E-state index < -0.39 is 5.95 Å². The van der Waals surface area contributed by atoms with Gasteiger partial charge in [0.25, 0.3) is 6.01 Å². The zero-order valence-electron chi connectivity index (χ0n) is 15.1. The summed E-state index contributed by atoms with van der Waals surface area (Å²) in [5.41, 5.74) is 3.06. The lowest BCUT2D eigenvalue weighted by Gasteiger charge is -2.12. The van der Waals surface area contributed by atoms with Crippen LogP contribution in [0.15, 0.2) is 54.9 Å². The third-order valence-electron chi connectivity index (χ3n) is 4.71. The second-order valence-corrected chi connectivity index (χ2v) is 6.59. The van der Waals surface area contributed by atoms with Crippen molar-refractivity contribution in [2.24, 2.45) is 0 Å². The lowest BCUT2D eigenvalue weighted by molar-refractivity contribution is 0.143. The molecular weight excluding hydrogens is 373 g/mol. The van der Waals surface area contributed by atoms with Crippen molar-refractivity contribution in [3.8, 4) is 29.1 Å². The molecule has 29 heavy (non-hydrogen) atoms. The molecule has 0 amide bonds. The molecule has 4 heterocycles. The summed E-state index contributed by atoms with van der Waals surface area (Å²) in [6, 6.07) is 14.7. The van der Waals surface area contributed by atoms with Crippen molar-refractivity contribution in [1.82, 2.24) is 19.5 Å². The predicted molar refractivity (Wildman–Crippen MR) is 102 cm³/mol. The summed E-state index contributed by atoms with van der Waals surface area (Å²) in [5.74, 6) is 0.00580. The zero-order valence-corrected chi connectivity index (χ0v) is 15.1. The van der Waals surface area contributed by atoms with E-state index >= 15 is 0 Å². The summed E-state index contributed by atoms with van der Waals surface area (Å²) in [7, 11) is 0. The van der Waals surface area contributed by atoms with Crippen LogP contribution < -0.4 is 9.47 Å². The molecule has 1 aliphatic rings. The lowest BCUT2D eigenvalue weighted by atomic mass is 10.2. The van der Waals surface area contributed by atoms with Gasteiger partial charge in [-0.1, -0.05) is 0 Å². The van der Waals surface area contributed by atoms with Crippen LogP contribution in [0.5, 0.6) is 11.8 Å². The van der Waals surface area contributed by atoms with Crippen LogP contribution in [0, 0.1) is 17.3 Å². The van der Waals surface area contributed by atoms with E-state index in [-0.39, 0.29) is 6.10 Å². The molecule has 3 aromatic heterocycles. The largest absolute Gasteiger partial charge is 0.488 e. The van der Waals surface area contributed by atoms with Crippen molar-refractivity contribution < 1.29 is 13.9 Å². The third kappa shape index (κ3) is 3.12. The average molecular weight is 387 g/mol. The molecule has 0 bridgehead atoms. The first-order valence-electron chi connectivity index (χ1n) is 8.98. The van der Waals surface area contributed by atoms with Crippen LogP contribution in [0.2, 0.25) is 0 Å². The Morgan fingerprint density at radius 3 is 2.97 bits per heavy atom. The second kappa shape index (κ2) is 6.87. The fraction of sp³-hybridized carbons (Fsp3) is 0.143. The normalized spacial score (nSPS) is 15.0. The molecule has 0 fully saturated rings. The summed E-state index contributed by atoms with van der Waals surface area (Å²) in [5, 5.41) is 9.00. The first kappa shape index (κ1) is 17.1. The standard InChI is InChI=1S/C21H14FN5O2/c22-20-16(2-1-7-24-20)17-5-4-14(10-25-17)28-12-15-11-27-19-6-3-13(9-23)8-18(19)26-21(27)29-15/h1-8,10,15H,11-12H2/t15-/m0/s1. The number of pyridine rings is 2. The van der Waals surface area contributed by atoms with Gasteiger partial charge in [-0.05, 0) is 42.5 Å². The van der Waals surface area contributed by atoms with E-state index in [1.807, 2.05) is 10.6 Å². The number of aromatic nitrogens is 4. The summed E-state index contributed by atoms with van der Waals surface area (Å²) < 4.78 is 27.4. The highest BCUT2D eigenvalue weighted by Gasteiger charge is 2.27. The minimum absolute atomic E-state index is 0.187. The van der Waals surface area contributed by atoms with Gasteiger partial charge in [0.2, 0.25) is 5.95 Å². The van der Waals surface area contributed by atoms with E-state index in [0.29, 0.717) is 41.7 Å². The SMILES string of the molecule is N#Cc1ccc2c(c1)nc1n2C[C@@H](COc2ccc(-c3cccnc3F)nc2)O1. The van der Waals surface area contributed by atoms with Gasteiger partial charge in [-0.15, -0.1) is 0 Å². The van der Waals surface area contributed by atoms with Crippen LogP contribution in [0.1, 0.15) is 5.56 Å². The van der Waals surface area contributed by atoms with Crippen molar-refractivity contribution >= 4 is 11.0 Å². The topological polar surface area (TPSA) is 85.9 Å². The van der Waals surface area contributed by atoms with Crippen molar-refractivity contribution in [2.75, 3.05) is 6.61 Å². The first-order valence-corrected chi connectivity index (χ1v) is 8.98. The van der Waals surface area contributed by atoms with Crippen molar-refractivity contribution in [3.63, 3.8) is 0 Å². The Morgan fingerprint density at radius 1 is 1.24 bits per heavy atom. The van der Waals surface area contributed by atoms with Gasteiger partial charge in [-0.2, -0.15) is 14.6 Å². The van der Waals surface area contributed by atoms with E-state index in [0.717, 1.165) is 11.0 Å². The van der Waals surface area contributed by atoms with Gasteiger partial charge in [-0.3, -0.25) is 9.55 Å². The van der Waals surface area contributed by atoms with E-state index in [9.17, 15) is 4.39 Å². The van der Waals surface area contributed by atoms with Crippen LogP contribution in [-0.4, -0.2) is 32.2 Å². The molecule has 1 atom stereocenters. The molecule has 0 spiro atoms. The van der Waals surface area contributed by atoms with Crippen molar-refractivity contribution in [3.05, 3.63) is 66.4 Å². The second-order valence-electron chi connectivity index (χ2n) is 6.59. The number of nitrogens with zero attached hydrogens (tertiary/aromatic N) is 5. The maximum Gasteiger partial charge on any atom is 0.297 e. The highest BCUT2D eigenvalue weighted by Crippen LogP contribution is 2.29. The van der Waals surface area contributed by atoms with Crippen LogP contribution in [0.4, 0.5) is 4.39 Å². The van der Waals surface area contributed by atoms with Gasteiger partial charge in [0.15, 0.2) is 6.10 Å². The predicted octanol–water partition coefficient (Wildman–Crippen LogP) is 3.34. The van der Waals surface area contributed by atoms with Gasteiger partial charge >= 0.3 is 0 Å². The minimum atomic E-state index is -0.559. The van der Waals surface area contributed by atoms with Crippen LogP contribution >= 0.6 is 0 Å². The Labute approximate surface area is 165 Å². The zero-order chi connectivity index (χ0) is 19.8. The van der Waals surface area contributed by atoms with Crippen LogP contribution in [0.3, 0.4) is 0 Å². The molecule has 8 heteroatoms. The Bertz CT molecular complexity index is 1250. The minimum Gasteiger partial charge on any atom is -0.488 e. The van der Waals surface area contributed by atoms with Crippen LogP contribution in [0.25, 0.3) is 22.3 Å². The number of benzene rings is 1. The monoisotopic (exact) mass is 387 g/mol. The summed E-state index contributed by atoms with van der Waals surface area (Å²) >= 11 is 0. The summed E-state index contributed by atoms with van der Waals surface area (Å²) in [4.78, 5) is 12.3. The number of halogens is 1. The molecule has 4 aromatic rings. The molecule has 7 nitrogen and oxygen atoms in total. The third-order valence-corrected chi connectivity index (χ3v) is 4.71. The maximum atomic E-state index is 13.8. The fourth-order valence-corrected chi connectivity index (χ4v) is 3.31. The molecule has 0 N–H and O–H groups in total. The molecule has 142 valence electrons.